The Morgan fingerprint density at radius 2 is 0.581 bits per heavy atom. The van der Waals surface area contributed by atoms with Crippen LogP contribution in [0.4, 0.5) is 52.7 Å². The van der Waals surface area contributed by atoms with Crippen LogP contribution in [0.2, 0.25) is 0 Å². The molecule has 0 bridgehead atoms. The molecule has 6 aliphatic carbocycles. The standard InChI is InChI=1S/C46H66F12O4/c1-27-3-5-28(6-4-27)39(59)29-7-13-32(14-8-29)41(43(47,48)49,44(50,51)52)33-15-9-30(10-16-33)40(60)31-11-21-37(22-12-31)62-38-25-19-35(20-26-38)42(45(53,54)55,46(56,57)58)34-17-23-36(61-2)24-18-34/h27-38H,3-26H2,1-2H3. The smallest absolute Gasteiger partial charge is 0.381 e. The van der Waals surface area contributed by atoms with E-state index >= 15 is 26.3 Å². The van der Waals surface area contributed by atoms with Crippen molar-refractivity contribution in [3.05, 3.63) is 0 Å². The third-order valence-corrected chi connectivity index (χ3v) is 17.3. The Morgan fingerprint density at radius 1 is 0.355 bits per heavy atom. The maximum absolute atomic E-state index is 15.1. The predicted molar refractivity (Wildman–Crippen MR) is 206 cm³/mol. The summed E-state index contributed by atoms with van der Waals surface area (Å²) in [5, 5.41) is 0. The minimum atomic E-state index is -5.57. The number of Topliss-reactive ketones (excluding diaryl/α,β-unsaturated/α-hetero) is 2. The molecule has 16 heteroatoms. The fraction of sp³-hybridized carbons (Fsp3) is 0.957. The summed E-state index contributed by atoms with van der Waals surface area (Å²) < 4.78 is 190. The molecule has 0 heterocycles. The highest BCUT2D eigenvalue weighted by atomic mass is 19.4. The highest BCUT2D eigenvalue weighted by molar-refractivity contribution is 5.84. The zero-order valence-corrected chi connectivity index (χ0v) is 36.1. The zero-order chi connectivity index (χ0) is 45.5. The number of ether oxygens (including phenoxy) is 2. The van der Waals surface area contributed by atoms with Crippen molar-refractivity contribution in [2.24, 2.45) is 64.1 Å². The Labute approximate surface area is 358 Å². The van der Waals surface area contributed by atoms with E-state index in [2.05, 4.69) is 6.92 Å². The van der Waals surface area contributed by atoms with Crippen LogP contribution in [0.15, 0.2) is 0 Å². The van der Waals surface area contributed by atoms with Gasteiger partial charge in [-0.15, -0.1) is 0 Å². The van der Waals surface area contributed by atoms with Gasteiger partial charge in [0.05, 0.1) is 18.3 Å². The number of carbonyl (C=O) groups is 2. The van der Waals surface area contributed by atoms with Crippen molar-refractivity contribution in [1.29, 1.82) is 0 Å². The van der Waals surface area contributed by atoms with Crippen LogP contribution >= 0.6 is 0 Å². The highest BCUT2D eigenvalue weighted by Crippen LogP contribution is 2.67. The Bertz CT molecular complexity index is 1430. The van der Waals surface area contributed by atoms with Gasteiger partial charge in [0.15, 0.2) is 10.8 Å². The average Bonchev–Trinajstić information content (AvgIpc) is 3.21. The fourth-order valence-corrected chi connectivity index (χ4v) is 13.9. The molecule has 0 amide bonds. The zero-order valence-electron chi connectivity index (χ0n) is 36.1. The van der Waals surface area contributed by atoms with Gasteiger partial charge in [-0.3, -0.25) is 9.59 Å². The maximum Gasteiger partial charge on any atom is 0.403 e. The summed E-state index contributed by atoms with van der Waals surface area (Å²) >= 11 is 0. The number of hydrogen-bond acceptors (Lipinski definition) is 4. The Hall–Kier alpha value is -1.58. The van der Waals surface area contributed by atoms with Crippen molar-refractivity contribution < 1.29 is 71.7 Å². The molecule has 0 saturated heterocycles. The van der Waals surface area contributed by atoms with Gasteiger partial charge in [-0.25, -0.2) is 0 Å². The van der Waals surface area contributed by atoms with Crippen molar-refractivity contribution in [3.63, 3.8) is 0 Å². The van der Waals surface area contributed by atoms with Crippen molar-refractivity contribution in [1.82, 2.24) is 0 Å². The second kappa shape index (κ2) is 19.3. The summed E-state index contributed by atoms with van der Waals surface area (Å²) in [4.78, 5) is 27.0. The molecule has 0 N–H and O–H groups in total. The molecule has 0 atom stereocenters. The molecule has 6 fully saturated rings. The second-order valence-corrected chi connectivity index (χ2v) is 20.4. The lowest BCUT2D eigenvalue weighted by Gasteiger charge is -2.51. The molecular weight excluding hydrogens is 844 g/mol. The number of alkyl halides is 12. The third-order valence-electron chi connectivity index (χ3n) is 17.3. The van der Waals surface area contributed by atoms with E-state index < -0.39 is 95.9 Å². The van der Waals surface area contributed by atoms with E-state index in [1.807, 2.05) is 0 Å². The monoisotopic (exact) mass is 910 g/mol. The van der Waals surface area contributed by atoms with Crippen molar-refractivity contribution in [2.45, 2.75) is 204 Å². The number of ketones is 2. The van der Waals surface area contributed by atoms with Gasteiger partial charge in [0.2, 0.25) is 0 Å². The Kier molecular flexibility index (Phi) is 15.5. The minimum absolute atomic E-state index is 0.0121. The van der Waals surface area contributed by atoms with E-state index in [0.717, 1.165) is 12.8 Å². The number of carbonyl (C=O) groups excluding carboxylic acids is 2. The van der Waals surface area contributed by atoms with Gasteiger partial charge in [-0.05, 0) is 171 Å². The second-order valence-electron chi connectivity index (χ2n) is 20.4. The molecule has 0 radical (unpaired) electrons. The molecule has 0 spiro atoms. The van der Waals surface area contributed by atoms with Crippen molar-refractivity contribution in [3.8, 4) is 0 Å². The van der Waals surface area contributed by atoms with Crippen molar-refractivity contribution >= 4 is 11.6 Å². The largest absolute Gasteiger partial charge is 0.403 e. The first-order valence-corrected chi connectivity index (χ1v) is 23.5. The topological polar surface area (TPSA) is 52.6 Å². The summed E-state index contributed by atoms with van der Waals surface area (Å²) in [6.45, 7) is 2.10. The van der Waals surface area contributed by atoms with E-state index in [-0.39, 0.29) is 120 Å². The van der Waals surface area contributed by atoms with Gasteiger partial charge in [0.1, 0.15) is 11.6 Å². The van der Waals surface area contributed by atoms with Crippen molar-refractivity contribution in [2.75, 3.05) is 7.11 Å². The number of methoxy groups -OCH3 is 1. The van der Waals surface area contributed by atoms with E-state index in [4.69, 9.17) is 9.47 Å². The molecule has 4 nitrogen and oxygen atoms in total. The Balaban J connectivity index is 1.01. The highest BCUT2D eigenvalue weighted by Gasteiger charge is 2.77. The van der Waals surface area contributed by atoms with Crippen LogP contribution in [0.25, 0.3) is 0 Å². The summed E-state index contributed by atoms with van der Waals surface area (Å²) in [6, 6.07) is 0. The number of hydrogen-bond donors (Lipinski definition) is 0. The number of halogens is 12. The predicted octanol–water partition coefficient (Wildman–Crippen LogP) is 14.1. The van der Waals surface area contributed by atoms with E-state index in [1.165, 1.54) is 7.11 Å². The summed E-state index contributed by atoms with van der Waals surface area (Å²) in [6.07, 6.45) is -21.0. The summed E-state index contributed by atoms with van der Waals surface area (Å²) in [7, 11) is 1.40. The van der Waals surface area contributed by atoms with Gasteiger partial charge < -0.3 is 9.47 Å². The van der Waals surface area contributed by atoms with Crippen LogP contribution in [0, 0.1) is 64.1 Å². The van der Waals surface area contributed by atoms with Crippen LogP contribution in [0.1, 0.15) is 161 Å². The first-order valence-electron chi connectivity index (χ1n) is 23.5. The lowest BCUT2D eigenvalue weighted by atomic mass is 9.55. The Morgan fingerprint density at radius 3 is 0.855 bits per heavy atom. The van der Waals surface area contributed by atoms with E-state index in [9.17, 15) is 35.9 Å². The minimum Gasteiger partial charge on any atom is -0.381 e. The fourth-order valence-electron chi connectivity index (χ4n) is 13.9. The van der Waals surface area contributed by atoms with Gasteiger partial charge in [-0.2, -0.15) is 52.7 Å². The lowest BCUT2D eigenvalue weighted by molar-refractivity contribution is -0.383. The van der Waals surface area contributed by atoms with Gasteiger partial charge in [0, 0.05) is 30.8 Å². The molecule has 6 saturated carbocycles. The molecule has 0 aliphatic heterocycles. The molecule has 62 heavy (non-hydrogen) atoms. The molecule has 6 rings (SSSR count). The summed E-state index contributed by atoms with van der Waals surface area (Å²) in [5.41, 5.74) is -7.75. The van der Waals surface area contributed by atoms with E-state index in [1.54, 1.807) is 0 Å². The number of rotatable bonds is 11. The molecule has 0 aromatic heterocycles. The third kappa shape index (κ3) is 9.77. The molecule has 0 aromatic rings. The van der Waals surface area contributed by atoms with Crippen LogP contribution in [-0.4, -0.2) is 61.7 Å². The first kappa shape index (κ1) is 49.8. The maximum atomic E-state index is 15.1. The summed E-state index contributed by atoms with van der Waals surface area (Å²) in [5.74, 6) is -8.25. The molecule has 358 valence electrons. The van der Waals surface area contributed by atoms with Crippen LogP contribution in [0.3, 0.4) is 0 Å². The molecular formula is C46H66F12O4. The molecule has 0 unspecified atom stereocenters. The van der Waals surface area contributed by atoms with Crippen LogP contribution < -0.4 is 0 Å². The first-order chi connectivity index (χ1) is 28.9. The molecule has 6 aliphatic rings. The molecule has 0 aromatic carbocycles. The van der Waals surface area contributed by atoms with Gasteiger partial charge in [-0.1, -0.05) is 19.8 Å². The van der Waals surface area contributed by atoms with Gasteiger partial charge >= 0.3 is 24.7 Å². The SMILES string of the molecule is COC1CCC(C(C2CCC(OC3CCC(C(=O)C4CCC(C(C5CCC(C(=O)C6CCC(C)CC6)CC5)(C(F)(F)F)C(F)(F)F)CC4)CC3)CC2)(C(F)(F)F)C(F)(F)F)CC1. The quantitative estimate of drug-likeness (QED) is 0.194. The van der Waals surface area contributed by atoms with E-state index in [0.29, 0.717) is 44.4 Å². The van der Waals surface area contributed by atoms with Crippen LogP contribution in [0.5, 0.6) is 0 Å². The lowest BCUT2D eigenvalue weighted by Crippen LogP contribution is -2.61. The average molecular weight is 911 g/mol. The normalized spacial score (nSPS) is 36.5. The van der Waals surface area contributed by atoms with Gasteiger partial charge in [0.25, 0.3) is 0 Å². The van der Waals surface area contributed by atoms with Crippen LogP contribution in [-0.2, 0) is 19.1 Å².